The molecule has 17 aromatic carbocycles. The van der Waals surface area contributed by atoms with E-state index >= 15 is 0 Å². The Kier molecular flexibility index (Phi) is 14.0. The molecule has 0 saturated carbocycles. The number of aromatic nitrogens is 1. The van der Waals surface area contributed by atoms with E-state index in [1.54, 1.807) is 0 Å². The molecule has 4 heteroatoms. The summed E-state index contributed by atoms with van der Waals surface area (Å²) in [4.78, 5) is 5.41. The molecule has 474 valence electrons. The molecule has 2 aliphatic rings. The maximum absolute atomic E-state index is 2.72. The van der Waals surface area contributed by atoms with Gasteiger partial charge in [-0.1, -0.05) is 322 Å². The highest BCUT2D eigenvalue weighted by molar-refractivity contribution is 7.00. The first-order chi connectivity index (χ1) is 50.6. The lowest BCUT2D eigenvalue weighted by atomic mass is 9.33. The van der Waals surface area contributed by atoms with E-state index < -0.39 is 0 Å². The standard InChI is InChI=1S/C98H64BN3/c1-8-30-65(31-9-1)72-52-54-87-91(61-72)101(97-83(68-36-14-4-15-37-68)57-76(66-32-10-2-11-33-66)58-84(97)69-38-16-5-17-39-69)93-63-78(100-89-50-28-26-48-81(89)82-49-27-29-51-90(82)100)64-94-96(93)99(87)88-55-53-75(95-79-46-24-22-44-73(79)56-74-45-23-25-47-80(74)95)62-92(88)102(94)98-85(70-40-18-6-19-41-70)59-77(67-34-12-3-13-35-67)60-86(98)71-42-20-7-21-43-71/h1-64H. The Hall–Kier alpha value is -13.3. The van der Waals surface area contributed by atoms with Crippen LogP contribution in [0.5, 0.6) is 0 Å². The van der Waals surface area contributed by atoms with Gasteiger partial charge in [0.15, 0.2) is 0 Å². The van der Waals surface area contributed by atoms with Crippen molar-refractivity contribution >= 4 is 101 Å². The van der Waals surface area contributed by atoms with Crippen LogP contribution >= 0.6 is 0 Å². The maximum Gasteiger partial charge on any atom is 0.252 e. The summed E-state index contributed by atoms with van der Waals surface area (Å²) in [5, 5.41) is 7.24. The Balaban J connectivity index is 1.00. The van der Waals surface area contributed by atoms with Crippen LogP contribution in [0, 0.1) is 0 Å². The summed E-state index contributed by atoms with van der Waals surface area (Å²) in [7, 11) is 0. The molecule has 0 atom stereocenters. The van der Waals surface area contributed by atoms with E-state index in [0.717, 1.165) is 134 Å². The predicted molar refractivity (Wildman–Crippen MR) is 433 cm³/mol. The number of anilines is 6. The zero-order chi connectivity index (χ0) is 67.2. The third-order valence-electron chi connectivity index (χ3n) is 21.3. The van der Waals surface area contributed by atoms with E-state index in [0.29, 0.717) is 0 Å². The van der Waals surface area contributed by atoms with Crippen molar-refractivity contribution in [1.82, 2.24) is 4.57 Å². The SMILES string of the molecule is c1ccc(-c2cc(-c3ccccc3)c(N3c4cc(-c5ccccc5)ccc4B4c5ccc(-c6c7ccccc7cc7ccccc67)cc5N(c5c(-c6ccccc6)cc(-c6ccccc6)cc5-c5ccccc5)c5cc(-n6c7ccccc7c7ccccc76)cc3c54)c(-c3ccccc3)c2)cc1. The van der Waals surface area contributed by atoms with Gasteiger partial charge in [0, 0.05) is 55.8 Å². The van der Waals surface area contributed by atoms with Crippen molar-refractivity contribution < 1.29 is 0 Å². The molecule has 0 amide bonds. The van der Waals surface area contributed by atoms with Crippen molar-refractivity contribution in [2.75, 3.05) is 9.80 Å². The van der Waals surface area contributed by atoms with E-state index in [9.17, 15) is 0 Å². The average Bonchev–Trinajstić information content (AvgIpc) is 0.797. The largest absolute Gasteiger partial charge is 0.310 e. The normalized spacial score (nSPS) is 12.3. The summed E-state index contributed by atoms with van der Waals surface area (Å²) < 4.78 is 2.54. The van der Waals surface area contributed by atoms with E-state index in [4.69, 9.17) is 0 Å². The molecule has 0 bridgehead atoms. The number of benzene rings is 17. The molecule has 0 radical (unpaired) electrons. The number of rotatable bonds is 11. The van der Waals surface area contributed by atoms with Crippen molar-refractivity contribution in [3.05, 3.63) is 388 Å². The van der Waals surface area contributed by atoms with Crippen LogP contribution in [-0.4, -0.2) is 11.3 Å². The van der Waals surface area contributed by atoms with Crippen LogP contribution in [0.15, 0.2) is 388 Å². The van der Waals surface area contributed by atoms with Crippen molar-refractivity contribution in [2.45, 2.75) is 0 Å². The second kappa shape index (κ2) is 24.3. The molecule has 0 spiro atoms. The fraction of sp³-hybridized carbons (Fsp3) is 0. The van der Waals surface area contributed by atoms with Crippen molar-refractivity contribution in [3.8, 4) is 94.7 Å². The fourth-order valence-electron chi connectivity index (χ4n) is 16.8. The highest BCUT2D eigenvalue weighted by atomic mass is 15.2. The molecule has 18 aromatic rings. The third-order valence-corrected chi connectivity index (χ3v) is 21.3. The molecule has 3 nitrogen and oxygen atoms in total. The summed E-state index contributed by atoms with van der Waals surface area (Å²) in [6.45, 7) is -0.268. The lowest BCUT2D eigenvalue weighted by Crippen LogP contribution is -2.61. The van der Waals surface area contributed by atoms with E-state index in [2.05, 4.69) is 403 Å². The van der Waals surface area contributed by atoms with E-state index in [-0.39, 0.29) is 6.71 Å². The zero-order valence-corrected chi connectivity index (χ0v) is 55.9. The Morgan fingerprint density at radius 3 is 0.912 bits per heavy atom. The summed E-state index contributed by atoms with van der Waals surface area (Å²) in [6.07, 6.45) is 0. The third kappa shape index (κ3) is 9.67. The molecule has 0 unspecified atom stereocenters. The first-order valence-corrected chi connectivity index (χ1v) is 35.3. The van der Waals surface area contributed by atoms with Gasteiger partial charge in [0.1, 0.15) is 0 Å². The Labute approximate surface area is 594 Å². The molecule has 1 aromatic heterocycles. The lowest BCUT2D eigenvalue weighted by Gasteiger charge is -2.46. The van der Waals surface area contributed by atoms with Crippen LogP contribution in [0.4, 0.5) is 34.1 Å². The second-order valence-electron chi connectivity index (χ2n) is 27.0. The summed E-state index contributed by atoms with van der Waals surface area (Å²) in [5.41, 5.74) is 31.7. The Morgan fingerprint density at radius 2 is 0.520 bits per heavy atom. The molecule has 0 N–H and O–H groups in total. The molecule has 0 aliphatic carbocycles. The van der Waals surface area contributed by atoms with Crippen LogP contribution in [-0.2, 0) is 0 Å². The first-order valence-electron chi connectivity index (χ1n) is 35.3. The summed E-state index contributed by atoms with van der Waals surface area (Å²) in [6, 6.07) is 145. The molecule has 102 heavy (non-hydrogen) atoms. The second-order valence-corrected chi connectivity index (χ2v) is 27.0. The van der Waals surface area contributed by atoms with Gasteiger partial charge in [0.2, 0.25) is 0 Å². The lowest BCUT2D eigenvalue weighted by molar-refractivity contribution is 1.16. The van der Waals surface area contributed by atoms with Crippen LogP contribution < -0.4 is 26.2 Å². The Morgan fingerprint density at radius 1 is 0.206 bits per heavy atom. The summed E-state index contributed by atoms with van der Waals surface area (Å²) >= 11 is 0. The van der Waals surface area contributed by atoms with Gasteiger partial charge in [0.05, 0.1) is 28.1 Å². The first kappa shape index (κ1) is 58.8. The smallest absolute Gasteiger partial charge is 0.252 e. The van der Waals surface area contributed by atoms with Crippen LogP contribution in [0.3, 0.4) is 0 Å². The van der Waals surface area contributed by atoms with Crippen molar-refractivity contribution in [2.24, 2.45) is 0 Å². The Bertz CT molecular complexity index is 6060. The zero-order valence-electron chi connectivity index (χ0n) is 55.9. The predicted octanol–water partition coefficient (Wildman–Crippen LogP) is 24.5. The molecular formula is C98H64BN3. The number of nitrogens with zero attached hydrogens (tertiary/aromatic N) is 3. The van der Waals surface area contributed by atoms with Crippen LogP contribution in [0.25, 0.3) is 138 Å². The van der Waals surface area contributed by atoms with Crippen LogP contribution in [0.1, 0.15) is 0 Å². The number of fused-ring (bicyclic) bond motifs is 9. The quantitative estimate of drug-likeness (QED) is 0.0944. The number of para-hydroxylation sites is 2. The van der Waals surface area contributed by atoms with Gasteiger partial charge >= 0.3 is 0 Å². The van der Waals surface area contributed by atoms with Gasteiger partial charge in [-0.05, 0) is 171 Å². The molecule has 3 heterocycles. The minimum atomic E-state index is -0.268. The van der Waals surface area contributed by atoms with Gasteiger partial charge in [-0.25, -0.2) is 0 Å². The van der Waals surface area contributed by atoms with Crippen molar-refractivity contribution in [1.29, 1.82) is 0 Å². The van der Waals surface area contributed by atoms with Crippen LogP contribution in [0.2, 0.25) is 0 Å². The van der Waals surface area contributed by atoms with Crippen molar-refractivity contribution in [3.63, 3.8) is 0 Å². The minimum absolute atomic E-state index is 0.268. The molecule has 20 rings (SSSR count). The van der Waals surface area contributed by atoms with Gasteiger partial charge < -0.3 is 14.4 Å². The highest BCUT2D eigenvalue weighted by Crippen LogP contribution is 2.56. The van der Waals surface area contributed by atoms with E-state index in [1.807, 2.05) is 0 Å². The molecule has 0 fully saturated rings. The maximum atomic E-state index is 2.72. The van der Waals surface area contributed by atoms with Gasteiger partial charge in [0.25, 0.3) is 6.71 Å². The van der Waals surface area contributed by atoms with Gasteiger partial charge in [-0.15, -0.1) is 0 Å². The molecule has 0 saturated heterocycles. The minimum Gasteiger partial charge on any atom is -0.310 e. The van der Waals surface area contributed by atoms with Gasteiger partial charge in [-0.2, -0.15) is 0 Å². The number of hydrogen-bond acceptors (Lipinski definition) is 2. The monoisotopic (exact) mass is 1290 g/mol. The molecule has 2 aliphatic heterocycles. The topological polar surface area (TPSA) is 11.4 Å². The number of hydrogen-bond donors (Lipinski definition) is 0. The average molecular weight is 1290 g/mol. The van der Waals surface area contributed by atoms with E-state index in [1.165, 1.54) is 54.3 Å². The highest BCUT2D eigenvalue weighted by Gasteiger charge is 2.46. The van der Waals surface area contributed by atoms with Gasteiger partial charge in [-0.3, -0.25) is 0 Å². The fourth-order valence-corrected chi connectivity index (χ4v) is 16.8. The summed E-state index contributed by atoms with van der Waals surface area (Å²) in [5.74, 6) is 0. The molecular weight excluding hydrogens is 1230 g/mol.